The molecule has 2 nitrogen and oxygen atoms in total. The van der Waals surface area contributed by atoms with E-state index in [-0.39, 0.29) is 5.78 Å². The van der Waals surface area contributed by atoms with Gasteiger partial charge in [0.15, 0.2) is 5.78 Å². The summed E-state index contributed by atoms with van der Waals surface area (Å²) in [6.45, 7) is 7.64. The number of hydrogen-bond donors (Lipinski definition) is 0. The van der Waals surface area contributed by atoms with Gasteiger partial charge < -0.3 is 4.74 Å². The number of benzene rings is 2. The van der Waals surface area contributed by atoms with Gasteiger partial charge in [-0.1, -0.05) is 28.1 Å². The number of Topliss-reactive ketones (excluding diaryl/α,β-unsaturated/α-hetero) is 1. The molecule has 20 heavy (non-hydrogen) atoms. The van der Waals surface area contributed by atoms with Gasteiger partial charge in [-0.2, -0.15) is 0 Å². The summed E-state index contributed by atoms with van der Waals surface area (Å²) >= 11 is 3.38. The first-order chi connectivity index (χ1) is 9.40. The Kier molecular flexibility index (Phi) is 4.29. The number of carbonyl (C=O) groups excluding carboxylic acids is 1. The molecule has 0 heterocycles. The van der Waals surface area contributed by atoms with Crippen molar-refractivity contribution in [3.63, 3.8) is 0 Å². The first-order valence-corrected chi connectivity index (χ1v) is 7.24. The lowest BCUT2D eigenvalue weighted by molar-refractivity contribution is 0.101. The number of ketones is 1. The zero-order valence-corrected chi connectivity index (χ0v) is 13.7. The van der Waals surface area contributed by atoms with Crippen molar-refractivity contribution >= 4 is 21.7 Å². The fraction of sp³-hybridized carbons (Fsp3) is 0.235. The number of aryl methyl sites for hydroxylation is 2. The average molecular weight is 333 g/mol. The van der Waals surface area contributed by atoms with E-state index < -0.39 is 0 Å². The van der Waals surface area contributed by atoms with Gasteiger partial charge in [-0.25, -0.2) is 0 Å². The number of ether oxygens (including phenoxy) is 1. The van der Waals surface area contributed by atoms with Crippen LogP contribution >= 0.6 is 15.9 Å². The predicted molar refractivity (Wildman–Crippen MR) is 84.9 cm³/mol. The summed E-state index contributed by atoms with van der Waals surface area (Å²) in [5, 5.41) is 0. The Labute approximate surface area is 127 Å². The van der Waals surface area contributed by atoms with Gasteiger partial charge in [-0.15, -0.1) is 0 Å². The van der Waals surface area contributed by atoms with Crippen molar-refractivity contribution in [2.45, 2.75) is 27.7 Å². The smallest absolute Gasteiger partial charge is 0.163 e. The van der Waals surface area contributed by atoms with E-state index in [1.807, 2.05) is 32.0 Å². The minimum atomic E-state index is -0.00995. The normalized spacial score (nSPS) is 10.4. The molecule has 2 aromatic carbocycles. The molecule has 104 valence electrons. The SMILES string of the molecule is CC(=O)c1cc(Br)ccc1Oc1c(C)ccc(C)c1C. The van der Waals surface area contributed by atoms with Gasteiger partial charge in [0.2, 0.25) is 0 Å². The standard InChI is InChI=1S/C17H17BrO2/c1-10-5-6-11(2)17(12(10)3)20-16-8-7-14(18)9-15(16)13(4)19/h5-9H,1-4H3. The molecule has 0 aliphatic rings. The van der Waals surface area contributed by atoms with Crippen LogP contribution in [0.4, 0.5) is 0 Å². The molecule has 0 aromatic heterocycles. The Balaban J connectivity index is 2.51. The second-order valence-corrected chi connectivity index (χ2v) is 5.87. The molecular weight excluding hydrogens is 316 g/mol. The number of carbonyl (C=O) groups is 1. The van der Waals surface area contributed by atoms with Gasteiger partial charge in [0, 0.05) is 4.47 Å². The highest BCUT2D eigenvalue weighted by Gasteiger charge is 2.13. The van der Waals surface area contributed by atoms with Crippen molar-refractivity contribution in [1.82, 2.24) is 0 Å². The molecule has 2 aromatic rings. The summed E-state index contributed by atoms with van der Waals surface area (Å²) in [7, 11) is 0. The van der Waals surface area contributed by atoms with E-state index in [0.29, 0.717) is 11.3 Å². The third-order valence-corrected chi connectivity index (χ3v) is 3.90. The Hall–Kier alpha value is -1.61. The minimum Gasteiger partial charge on any atom is -0.456 e. The average Bonchev–Trinajstić information content (AvgIpc) is 2.40. The van der Waals surface area contributed by atoms with Crippen molar-refractivity contribution in [2.24, 2.45) is 0 Å². The van der Waals surface area contributed by atoms with Gasteiger partial charge in [0.05, 0.1) is 5.56 Å². The summed E-state index contributed by atoms with van der Waals surface area (Å²) in [6, 6.07) is 9.59. The molecule has 3 heteroatoms. The minimum absolute atomic E-state index is 0.00995. The summed E-state index contributed by atoms with van der Waals surface area (Å²) < 4.78 is 6.89. The topological polar surface area (TPSA) is 26.3 Å². The lowest BCUT2D eigenvalue weighted by atomic mass is 10.0. The van der Waals surface area contributed by atoms with E-state index >= 15 is 0 Å². The monoisotopic (exact) mass is 332 g/mol. The van der Waals surface area contributed by atoms with Crippen molar-refractivity contribution in [3.8, 4) is 11.5 Å². The van der Waals surface area contributed by atoms with E-state index in [9.17, 15) is 4.79 Å². The van der Waals surface area contributed by atoms with E-state index in [1.165, 1.54) is 5.56 Å². The predicted octanol–water partition coefficient (Wildman–Crippen LogP) is 5.37. The van der Waals surface area contributed by atoms with Crippen molar-refractivity contribution in [3.05, 3.63) is 57.1 Å². The van der Waals surface area contributed by atoms with Gasteiger partial charge in [-0.05, 0) is 62.6 Å². The second kappa shape index (κ2) is 5.80. The maximum absolute atomic E-state index is 11.7. The van der Waals surface area contributed by atoms with Crippen molar-refractivity contribution in [1.29, 1.82) is 0 Å². The van der Waals surface area contributed by atoms with Crippen LogP contribution in [-0.2, 0) is 0 Å². The highest BCUT2D eigenvalue weighted by molar-refractivity contribution is 9.10. The van der Waals surface area contributed by atoms with Crippen LogP contribution in [0.25, 0.3) is 0 Å². The van der Waals surface area contributed by atoms with E-state index in [0.717, 1.165) is 21.3 Å². The van der Waals surface area contributed by atoms with Crippen LogP contribution in [0.5, 0.6) is 11.5 Å². The molecule has 0 atom stereocenters. The molecule has 0 saturated heterocycles. The molecule has 0 aliphatic heterocycles. The third kappa shape index (κ3) is 2.93. The highest BCUT2D eigenvalue weighted by atomic mass is 79.9. The van der Waals surface area contributed by atoms with E-state index in [1.54, 1.807) is 13.0 Å². The van der Waals surface area contributed by atoms with Crippen molar-refractivity contribution in [2.75, 3.05) is 0 Å². The van der Waals surface area contributed by atoms with Gasteiger partial charge in [0.25, 0.3) is 0 Å². The summed E-state index contributed by atoms with van der Waals surface area (Å²) in [5.41, 5.74) is 3.92. The first-order valence-electron chi connectivity index (χ1n) is 6.45. The maximum Gasteiger partial charge on any atom is 0.163 e. The Morgan fingerprint density at radius 2 is 1.70 bits per heavy atom. The van der Waals surface area contributed by atoms with Crippen LogP contribution in [0.2, 0.25) is 0 Å². The van der Waals surface area contributed by atoms with Gasteiger partial charge >= 0.3 is 0 Å². The quantitative estimate of drug-likeness (QED) is 0.706. The molecule has 0 bridgehead atoms. The van der Waals surface area contributed by atoms with Crippen LogP contribution in [0.15, 0.2) is 34.8 Å². The molecule has 0 amide bonds. The molecule has 0 fully saturated rings. The maximum atomic E-state index is 11.7. The molecular formula is C17H17BrO2. The molecule has 2 rings (SSSR count). The van der Waals surface area contributed by atoms with Crippen LogP contribution in [0.1, 0.15) is 34.0 Å². The second-order valence-electron chi connectivity index (χ2n) is 4.95. The number of halogens is 1. The van der Waals surface area contributed by atoms with Gasteiger partial charge in [-0.3, -0.25) is 4.79 Å². The van der Waals surface area contributed by atoms with Crippen LogP contribution in [0.3, 0.4) is 0 Å². The zero-order chi connectivity index (χ0) is 14.9. The molecule has 0 saturated carbocycles. The summed E-state index contributed by atoms with van der Waals surface area (Å²) in [5.74, 6) is 1.41. The largest absolute Gasteiger partial charge is 0.456 e. The van der Waals surface area contributed by atoms with E-state index in [2.05, 4.69) is 28.9 Å². The molecule has 0 unspecified atom stereocenters. The fourth-order valence-corrected chi connectivity index (χ4v) is 2.42. The van der Waals surface area contributed by atoms with Crippen LogP contribution < -0.4 is 4.74 Å². The Morgan fingerprint density at radius 1 is 1.05 bits per heavy atom. The lowest BCUT2D eigenvalue weighted by Gasteiger charge is -2.15. The number of hydrogen-bond acceptors (Lipinski definition) is 2. The van der Waals surface area contributed by atoms with E-state index in [4.69, 9.17) is 4.74 Å². The number of rotatable bonds is 3. The van der Waals surface area contributed by atoms with Crippen LogP contribution in [-0.4, -0.2) is 5.78 Å². The molecule has 0 spiro atoms. The summed E-state index contributed by atoms with van der Waals surface area (Å²) in [6.07, 6.45) is 0. The Bertz CT molecular complexity index is 675. The lowest BCUT2D eigenvalue weighted by Crippen LogP contribution is -2.00. The highest BCUT2D eigenvalue weighted by Crippen LogP contribution is 2.33. The molecule has 0 radical (unpaired) electrons. The van der Waals surface area contributed by atoms with Crippen LogP contribution in [0, 0.1) is 20.8 Å². The first kappa shape index (κ1) is 14.8. The summed E-state index contributed by atoms with van der Waals surface area (Å²) in [4.78, 5) is 11.7. The van der Waals surface area contributed by atoms with Crippen molar-refractivity contribution < 1.29 is 9.53 Å². The Morgan fingerprint density at radius 3 is 2.35 bits per heavy atom. The third-order valence-electron chi connectivity index (χ3n) is 3.41. The fourth-order valence-electron chi connectivity index (χ4n) is 2.06. The zero-order valence-electron chi connectivity index (χ0n) is 12.1. The molecule has 0 N–H and O–H groups in total. The van der Waals surface area contributed by atoms with Gasteiger partial charge in [0.1, 0.15) is 11.5 Å². The molecule has 0 aliphatic carbocycles.